The first kappa shape index (κ1) is 18.3. The molecule has 8 heteroatoms. The molecule has 0 fully saturated rings. The summed E-state index contributed by atoms with van der Waals surface area (Å²) < 4.78 is 2.77. The molecule has 0 radical (unpaired) electrons. The summed E-state index contributed by atoms with van der Waals surface area (Å²) in [5.74, 6) is 0. The molecule has 0 atom stereocenters. The normalized spacial score (nSPS) is 11.2. The Labute approximate surface area is 155 Å². The molecule has 3 rings (SSSR count). The molecule has 2 N–H and O–H groups in total. The summed E-state index contributed by atoms with van der Waals surface area (Å²) in [6.07, 6.45) is 2.89. The van der Waals surface area contributed by atoms with Crippen molar-refractivity contribution in [2.24, 2.45) is 0 Å². The maximum Gasteiger partial charge on any atom is 0.332 e. The Morgan fingerprint density at radius 2 is 1.88 bits per heavy atom. The molecule has 0 saturated carbocycles. The monoisotopic (exact) mass is 375 g/mol. The van der Waals surface area contributed by atoms with E-state index < -0.39 is 5.56 Å². The van der Waals surface area contributed by atoms with Gasteiger partial charge >= 0.3 is 5.69 Å². The van der Waals surface area contributed by atoms with Crippen LogP contribution in [0.15, 0.2) is 39.9 Å². The van der Waals surface area contributed by atoms with Crippen molar-refractivity contribution in [3.8, 4) is 0 Å². The lowest BCUT2D eigenvalue weighted by atomic mass is 10.2. The highest BCUT2D eigenvalue weighted by atomic mass is 35.5. The second-order valence-electron chi connectivity index (χ2n) is 6.12. The van der Waals surface area contributed by atoms with Gasteiger partial charge in [-0.2, -0.15) is 4.98 Å². The van der Waals surface area contributed by atoms with Crippen molar-refractivity contribution in [1.82, 2.24) is 19.1 Å². The van der Waals surface area contributed by atoms with Gasteiger partial charge in [-0.05, 0) is 30.2 Å². The Balaban J connectivity index is 1.91. The Morgan fingerprint density at radius 3 is 2.62 bits per heavy atom. The Morgan fingerprint density at radius 1 is 1.12 bits per heavy atom. The lowest BCUT2D eigenvalue weighted by Gasteiger charge is -2.12. The number of anilines is 1. The van der Waals surface area contributed by atoms with E-state index in [2.05, 4.69) is 22.2 Å². The molecule has 0 aliphatic rings. The van der Waals surface area contributed by atoms with Crippen LogP contribution in [0.3, 0.4) is 0 Å². The van der Waals surface area contributed by atoms with E-state index in [4.69, 9.17) is 11.6 Å². The summed E-state index contributed by atoms with van der Waals surface area (Å²) in [5, 5.41) is 3.32. The maximum absolute atomic E-state index is 12.9. The van der Waals surface area contributed by atoms with E-state index >= 15 is 0 Å². The third kappa shape index (κ3) is 3.83. The maximum atomic E-state index is 12.9. The van der Waals surface area contributed by atoms with Gasteiger partial charge in [0, 0.05) is 25.3 Å². The molecule has 2 heterocycles. The molecule has 0 bridgehead atoms. The second kappa shape index (κ2) is 8.23. The van der Waals surface area contributed by atoms with Gasteiger partial charge in [0.2, 0.25) is 5.28 Å². The van der Waals surface area contributed by atoms with Crippen LogP contribution in [0.5, 0.6) is 0 Å². The zero-order valence-electron chi connectivity index (χ0n) is 14.7. The molecule has 7 nitrogen and oxygen atoms in total. The van der Waals surface area contributed by atoms with Crippen LogP contribution in [0.2, 0.25) is 5.28 Å². The van der Waals surface area contributed by atoms with Gasteiger partial charge in [0.15, 0.2) is 11.2 Å². The summed E-state index contributed by atoms with van der Waals surface area (Å²) in [6.45, 7) is 3.32. The van der Waals surface area contributed by atoms with Crippen molar-refractivity contribution in [2.75, 3.05) is 11.9 Å². The fraction of sp³-hybridized carbons (Fsp3) is 0.389. The highest BCUT2D eigenvalue weighted by molar-refractivity contribution is 6.28. The van der Waals surface area contributed by atoms with Crippen molar-refractivity contribution in [1.29, 1.82) is 0 Å². The Kier molecular flexibility index (Phi) is 5.78. The second-order valence-corrected chi connectivity index (χ2v) is 6.48. The van der Waals surface area contributed by atoms with Gasteiger partial charge in [-0.15, -0.1) is 0 Å². The minimum Gasteiger partial charge on any atom is -0.383 e. The summed E-state index contributed by atoms with van der Waals surface area (Å²) >= 11 is 5.93. The van der Waals surface area contributed by atoms with E-state index in [0.717, 1.165) is 24.9 Å². The number of unbranched alkanes of at least 4 members (excludes halogenated alkanes) is 2. The molecule has 138 valence electrons. The van der Waals surface area contributed by atoms with Crippen LogP contribution in [0.25, 0.3) is 11.2 Å². The number of hydrogen-bond donors (Lipinski definition) is 2. The molecule has 3 aromatic rings. The SMILES string of the molecule is CCCCCn1c(=O)n(CCNc2ccccc2)c(=O)c2[nH]c(Cl)nc21. The van der Waals surface area contributed by atoms with Crippen LogP contribution in [-0.4, -0.2) is 25.6 Å². The number of imidazole rings is 1. The topological polar surface area (TPSA) is 84.7 Å². The van der Waals surface area contributed by atoms with Crippen molar-refractivity contribution in [2.45, 2.75) is 39.3 Å². The third-order valence-corrected chi connectivity index (χ3v) is 4.43. The average molecular weight is 376 g/mol. The van der Waals surface area contributed by atoms with Crippen LogP contribution in [0.1, 0.15) is 26.2 Å². The number of aromatic amines is 1. The predicted molar refractivity (Wildman–Crippen MR) is 104 cm³/mol. The molecule has 0 aliphatic carbocycles. The van der Waals surface area contributed by atoms with Crippen molar-refractivity contribution < 1.29 is 0 Å². The molecule has 0 unspecified atom stereocenters. The number of benzene rings is 1. The average Bonchev–Trinajstić information content (AvgIpc) is 3.03. The van der Waals surface area contributed by atoms with Crippen molar-refractivity contribution in [3.05, 3.63) is 56.5 Å². The zero-order chi connectivity index (χ0) is 18.5. The predicted octanol–water partition coefficient (Wildman–Crippen LogP) is 2.84. The highest BCUT2D eigenvalue weighted by Gasteiger charge is 2.16. The zero-order valence-corrected chi connectivity index (χ0v) is 15.4. The number of hydrogen-bond acceptors (Lipinski definition) is 4. The number of aryl methyl sites for hydroxylation is 1. The van der Waals surface area contributed by atoms with E-state index in [1.54, 1.807) is 0 Å². The number of fused-ring (bicyclic) bond motifs is 1. The number of halogens is 1. The minimum absolute atomic E-state index is 0.112. The van der Waals surface area contributed by atoms with E-state index in [1.807, 2.05) is 30.3 Å². The fourth-order valence-electron chi connectivity index (χ4n) is 2.93. The van der Waals surface area contributed by atoms with Crippen LogP contribution in [0, 0.1) is 0 Å². The van der Waals surface area contributed by atoms with E-state index in [9.17, 15) is 9.59 Å². The lowest BCUT2D eigenvalue weighted by Crippen LogP contribution is -2.41. The summed E-state index contributed by atoms with van der Waals surface area (Å²) in [5.41, 5.74) is 0.788. The van der Waals surface area contributed by atoms with Gasteiger partial charge in [-0.25, -0.2) is 4.79 Å². The Bertz CT molecular complexity index is 990. The van der Waals surface area contributed by atoms with Crippen molar-refractivity contribution in [3.63, 3.8) is 0 Å². The number of aromatic nitrogens is 4. The molecule has 0 saturated heterocycles. The fourth-order valence-corrected chi connectivity index (χ4v) is 3.10. The number of nitrogens with zero attached hydrogens (tertiary/aromatic N) is 3. The molecule has 2 aromatic heterocycles. The molecule has 0 amide bonds. The van der Waals surface area contributed by atoms with Gasteiger partial charge in [0.25, 0.3) is 5.56 Å². The molecular weight excluding hydrogens is 354 g/mol. The lowest BCUT2D eigenvalue weighted by molar-refractivity contribution is 0.544. The standard InChI is InChI=1S/C18H22ClN5O2/c1-2-3-7-11-23-15-14(21-17(19)22-15)16(25)24(18(23)26)12-10-20-13-8-5-4-6-9-13/h4-6,8-9,20H,2-3,7,10-12H2,1H3,(H,21,22). The minimum atomic E-state index is -0.397. The number of rotatable bonds is 8. The molecule has 1 aromatic carbocycles. The largest absolute Gasteiger partial charge is 0.383 e. The third-order valence-electron chi connectivity index (χ3n) is 4.26. The Hall–Kier alpha value is -2.54. The highest BCUT2D eigenvalue weighted by Crippen LogP contribution is 2.11. The van der Waals surface area contributed by atoms with E-state index in [0.29, 0.717) is 18.7 Å². The quantitative estimate of drug-likeness (QED) is 0.468. The van der Waals surface area contributed by atoms with Crippen LogP contribution < -0.4 is 16.6 Å². The van der Waals surface area contributed by atoms with Gasteiger partial charge < -0.3 is 10.3 Å². The first-order valence-electron chi connectivity index (χ1n) is 8.79. The van der Waals surface area contributed by atoms with Gasteiger partial charge in [0.05, 0.1) is 0 Å². The number of para-hydroxylation sites is 1. The molecule has 0 spiro atoms. The summed E-state index contributed by atoms with van der Waals surface area (Å²) in [4.78, 5) is 32.4. The van der Waals surface area contributed by atoms with Crippen LogP contribution in [0.4, 0.5) is 5.69 Å². The van der Waals surface area contributed by atoms with Crippen molar-refractivity contribution >= 4 is 28.5 Å². The summed E-state index contributed by atoms with van der Waals surface area (Å²) in [7, 11) is 0. The molecule has 26 heavy (non-hydrogen) atoms. The summed E-state index contributed by atoms with van der Waals surface area (Å²) in [6, 6.07) is 9.65. The molecule has 0 aliphatic heterocycles. The van der Waals surface area contributed by atoms with Gasteiger partial charge in [-0.3, -0.25) is 13.9 Å². The van der Waals surface area contributed by atoms with Crippen LogP contribution >= 0.6 is 11.6 Å². The first-order valence-corrected chi connectivity index (χ1v) is 9.17. The number of H-pyrrole nitrogens is 1. The van der Waals surface area contributed by atoms with E-state index in [-0.39, 0.29) is 23.0 Å². The van der Waals surface area contributed by atoms with Crippen LogP contribution in [-0.2, 0) is 13.1 Å². The first-order chi connectivity index (χ1) is 12.6. The van der Waals surface area contributed by atoms with Gasteiger partial charge in [-0.1, -0.05) is 38.0 Å². The smallest absolute Gasteiger partial charge is 0.332 e. The van der Waals surface area contributed by atoms with E-state index in [1.165, 1.54) is 9.13 Å². The number of nitrogens with one attached hydrogen (secondary N) is 2. The molecular formula is C18H22ClN5O2. The van der Waals surface area contributed by atoms with Gasteiger partial charge in [0.1, 0.15) is 0 Å².